The second-order valence-electron chi connectivity index (χ2n) is 5.96. The van der Waals surface area contributed by atoms with Crippen molar-refractivity contribution < 1.29 is 22.7 Å². The van der Waals surface area contributed by atoms with E-state index < -0.39 is 28.5 Å². The van der Waals surface area contributed by atoms with E-state index in [0.29, 0.717) is 0 Å². The Labute approximate surface area is 176 Å². The number of esters is 1. The number of nitrogens with one attached hydrogen (secondary N) is 2. The van der Waals surface area contributed by atoms with Crippen LogP contribution < -0.4 is 10.0 Å². The van der Waals surface area contributed by atoms with E-state index in [1.54, 1.807) is 23.6 Å². The van der Waals surface area contributed by atoms with Gasteiger partial charge in [-0.05, 0) is 41.9 Å². The predicted molar refractivity (Wildman–Crippen MR) is 113 cm³/mol. The first-order valence-corrected chi connectivity index (χ1v) is 11.8. The number of para-hydroxylation sites is 1. The molecular weight excluding hydrogens is 432 g/mol. The van der Waals surface area contributed by atoms with Gasteiger partial charge in [0, 0.05) is 4.88 Å². The van der Waals surface area contributed by atoms with Gasteiger partial charge in [-0.25, -0.2) is 13.2 Å². The number of hydrogen-bond donors (Lipinski definition) is 2. The molecule has 3 aromatic rings. The van der Waals surface area contributed by atoms with Crippen molar-refractivity contribution in [1.29, 1.82) is 0 Å². The Morgan fingerprint density at radius 2 is 1.76 bits per heavy atom. The first-order chi connectivity index (χ1) is 13.9. The van der Waals surface area contributed by atoms with Crippen molar-refractivity contribution in [3.8, 4) is 0 Å². The van der Waals surface area contributed by atoms with Crippen LogP contribution in [0.5, 0.6) is 0 Å². The van der Waals surface area contributed by atoms with Crippen molar-refractivity contribution in [2.75, 3.05) is 11.3 Å². The molecule has 0 saturated heterocycles. The number of thiophene rings is 2. The Bertz CT molecular complexity index is 1080. The average Bonchev–Trinajstić information content (AvgIpc) is 3.40. The number of sulfonamides is 1. The number of ether oxygens (including phenoxy) is 1. The summed E-state index contributed by atoms with van der Waals surface area (Å²) in [4.78, 5) is 25.5. The van der Waals surface area contributed by atoms with E-state index in [1.807, 2.05) is 24.4 Å². The van der Waals surface area contributed by atoms with Gasteiger partial charge in [0.1, 0.15) is 4.21 Å². The van der Waals surface area contributed by atoms with Crippen molar-refractivity contribution in [2.24, 2.45) is 0 Å². The first kappa shape index (κ1) is 21.0. The van der Waals surface area contributed by atoms with Gasteiger partial charge in [0.05, 0.1) is 17.3 Å². The van der Waals surface area contributed by atoms with E-state index in [0.717, 1.165) is 16.2 Å². The van der Waals surface area contributed by atoms with Crippen LogP contribution in [0.2, 0.25) is 0 Å². The van der Waals surface area contributed by atoms with Gasteiger partial charge in [-0.1, -0.05) is 24.3 Å². The second kappa shape index (κ2) is 9.21. The highest BCUT2D eigenvalue weighted by molar-refractivity contribution is 7.94. The van der Waals surface area contributed by atoms with Crippen molar-refractivity contribution in [1.82, 2.24) is 5.32 Å². The monoisotopic (exact) mass is 450 g/mol. The molecular formula is C19H18N2O5S3. The molecule has 0 radical (unpaired) electrons. The largest absolute Gasteiger partial charge is 0.452 e. The second-order valence-corrected chi connectivity index (χ2v) is 9.80. The van der Waals surface area contributed by atoms with Crippen LogP contribution in [0.25, 0.3) is 0 Å². The SMILES string of the molecule is CC(NC(=O)COC(=O)c1ccccc1NS(=O)(=O)c1cccs1)c1cccs1. The van der Waals surface area contributed by atoms with Gasteiger partial charge >= 0.3 is 5.97 Å². The maximum absolute atomic E-state index is 12.4. The van der Waals surface area contributed by atoms with Gasteiger partial charge < -0.3 is 10.1 Å². The molecule has 3 rings (SSSR count). The van der Waals surface area contributed by atoms with Gasteiger partial charge in [0.25, 0.3) is 15.9 Å². The summed E-state index contributed by atoms with van der Waals surface area (Å²) in [7, 11) is -3.82. The fourth-order valence-electron chi connectivity index (χ4n) is 2.46. The van der Waals surface area contributed by atoms with E-state index in [2.05, 4.69) is 10.0 Å². The van der Waals surface area contributed by atoms with Crippen LogP contribution in [-0.4, -0.2) is 26.9 Å². The van der Waals surface area contributed by atoms with Crippen LogP contribution in [0.15, 0.2) is 63.5 Å². The highest BCUT2D eigenvalue weighted by Gasteiger charge is 2.21. The first-order valence-electron chi connectivity index (χ1n) is 8.52. The van der Waals surface area contributed by atoms with Crippen LogP contribution in [0.3, 0.4) is 0 Å². The minimum Gasteiger partial charge on any atom is -0.452 e. The Hall–Kier alpha value is -2.69. The third-order valence-corrected chi connectivity index (χ3v) is 7.65. The summed E-state index contributed by atoms with van der Waals surface area (Å²) in [6.45, 7) is 1.36. The van der Waals surface area contributed by atoms with Gasteiger partial charge in [0.15, 0.2) is 6.61 Å². The van der Waals surface area contributed by atoms with Crippen molar-refractivity contribution in [2.45, 2.75) is 17.2 Å². The molecule has 0 saturated carbocycles. The molecule has 0 spiro atoms. The summed E-state index contributed by atoms with van der Waals surface area (Å²) < 4.78 is 32.4. The molecule has 0 fully saturated rings. The fraction of sp³-hybridized carbons (Fsp3) is 0.158. The Morgan fingerprint density at radius 3 is 2.45 bits per heavy atom. The van der Waals surface area contributed by atoms with Crippen molar-refractivity contribution in [3.05, 3.63) is 69.7 Å². The molecule has 1 aromatic carbocycles. The van der Waals surface area contributed by atoms with Crippen molar-refractivity contribution >= 4 is 50.3 Å². The fourth-order valence-corrected chi connectivity index (χ4v) is 5.27. The highest BCUT2D eigenvalue weighted by Crippen LogP contribution is 2.23. The molecule has 7 nitrogen and oxygen atoms in total. The smallest absolute Gasteiger partial charge is 0.340 e. The van der Waals surface area contributed by atoms with Gasteiger partial charge in [-0.2, -0.15) is 0 Å². The van der Waals surface area contributed by atoms with E-state index in [-0.39, 0.29) is 21.5 Å². The number of hydrogen-bond acceptors (Lipinski definition) is 7. The third kappa shape index (κ3) is 5.43. The molecule has 1 amide bonds. The lowest BCUT2D eigenvalue weighted by Crippen LogP contribution is -2.30. The summed E-state index contributed by atoms with van der Waals surface area (Å²) in [5.41, 5.74) is 0.102. The molecule has 2 heterocycles. The molecule has 152 valence electrons. The maximum atomic E-state index is 12.4. The lowest BCUT2D eigenvalue weighted by molar-refractivity contribution is -0.124. The Kier molecular flexibility index (Phi) is 6.68. The quantitative estimate of drug-likeness (QED) is 0.510. The molecule has 10 heteroatoms. The lowest BCUT2D eigenvalue weighted by atomic mass is 10.2. The Balaban J connectivity index is 1.63. The molecule has 1 unspecified atom stereocenters. The van der Waals surface area contributed by atoms with Crippen LogP contribution in [0.4, 0.5) is 5.69 Å². The summed E-state index contributed by atoms with van der Waals surface area (Å²) in [6.07, 6.45) is 0. The summed E-state index contributed by atoms with van der Waals surface area (Å²) in [5, 5.41) is 6.30. The molecule has 29 heavy (non-hydrogen) atoms. The summed E-state index contributed by atoms with van der Waals surface area (Å²) in [5.74, 6) is -1.25. The normalized spacial score (nSPS) is 12.2. The minimum absolute atomic E-state index is 0.0201. The van der Waals surface area contributed by atoms with Crippen LogP contribution >= 0.6 is 22.7 Å². The maximum Gasteiger partial charge on any atom is 0.340 e. The van der Waals surface area contributed by atoms with Crippen LogP contribution in [0.1, 0.15) is 28.2 Å². The number of anilines is 1. The zero-order chi connectivity index (χ0) is 20.9. The highest BCUT2D eigenvalue weighted by atomic mass is 32.2. The van der Waals surface area contributed by atoms with E-state index in [9.17, 15) is 18.0 Å². The average molecular weight is 451 g/mol. The number of carbonyl (C=O) groups is 2. The van der Waals surface area contributed by atoms with E-state index >= 15 is 0 Å². The zero-order valence-corrected chi connectivity index (χ0v) is 17.8. The minimum atomic E-state index is -3.82. The van der Waals surface area contributed by atoms with Crippen molar-refractivity contribution in [3.63, 3.8) is 0 Å². The molecule has 1 atom stereocenters. The standard InChI is InChI=1S/C19H18N2O5S3/c1-13(16-8-4-10-27-16)20-17(22)12-26-19(23)14-6-2-3-7-15(14)21-29(24,25)18-9-5-11-28-18/h2-11,13,21H,12H2,1H3,(H,20,22). The molecule has 2 aromatic heterocycles. The topological polar surface area (TPSA) is 102 Å². The number of amides is 1. The van der Waals surface area contributed by atoms with E-state index in [1.165, 1.54) is 29.5 Å². The van der Waals surface area contributed by atoms with Crippen LogP contribution in [0, 0.1) is 0 Å². The number of benzene rings is 1. The Morgan fingerprint density at radius 1 is 1.03 bits per heavy atom. The predicted octanol–water partition coefficient (Wildman–Crippen LogP) is 3.64. The number of rotatable bonds is 8. The number of carbonyl (C=O) groups excluding carboxylic acids is 2. The van der Waals surface area contributed by atoms with Gasteiger partial charge in [0.2, 0.25) is 0 Å². The molecule has 0 bridgehead atoms. The summed E-state index contributed by atoms with van der Waals surface area (Å²) >= 11 is 2.58. The van der Waals surface area contributed by atoms with E-state index in [4.69, 9.17) is 4.74 Å². The molecule has 0 aliphatic heterocycles. The zero-order valence-electron chi connectivity index (χ0n) is 15.3. The summed E-state index contributed by atoms with van der Waals surface area (Å²) in [6, 6.07) is 12.7. The third-order valence-electron chi connectivity index (χ3n) is 3.83. The lowest BCUT2D eigenvalue weighted by Gasteiger charge is -2.13. The molecule has 0 aliphatic rings. The van der Waals surface area contributed by atoms with Gasteiger partial charge in [-0.3, -0.25) is 9.52 Å². The van der Waals surface area contributed by atoms with Crippen LogP contribution in [-0.2, 0) is 19.6 Å². The van der Waals surface area contributed by atoms with Gasteiger partial charge in [-0.15, -0.1) is 22.7 Å². The molecule has 2 N–H and O–H groups in total. The molecule has 0 aliphatic carbocycles.